The van der Waals surface area contributed by atoms with Crippen LogP contribution >= 0.6 is 0 Å². The van der Waals surface area contributed by atoms with Crippen LogP contribution in [0.15, 0.2) is 29.2 Å². The van der Waals surface area contributed by atoms with Gasteiger partial charge in [0.05, 0.1) is 17.2 Å². The number of nitrogens with zero attached hydrogens (tertiary/aromatic N) is 2. The van der Waals surface area contributed by atoms with Gasteiger partial charge in [0.2, 0.25) is 10.0 Å². The van der Waals surface area contributed by atoms with Crippen LogP contribution in [0.25, 0.3) is 0 Å². The van der Waals surface area contributed by atoms with Gasteiger partial charge in [-0.25, -0.2) is 13.1 Å². The Bertz CT molecular complexity index is 862. The van der Waals surface area contributed by atoms with Crippen LogP contribution in [0.2, 0.25) is 0 Å². The minimum Gasteiger partial charge on any atom is -0.491 e. The second-order valence-corrected chi connectivity index (χ2v) is 8.60. The summed E-state index contributed by atoms with van der Waals surface area (Å²) < 4.78 is 40.3. The van der Waals surface area contributed by atoms with Crippen LogP contribution in [0, 0.1) is 26.7 Å². The van der Waals surface area contributed by atoms with Crippen molar-refractivity contribution in [1.82, 2.24) is 14.5 Å². The van der Waals surface area contributed by atoms with Crippen LogP contribution in [0.3, 0.4) is 0 Å². The molecule has 0 aliphatic heterocycles. The second kappa shape index (κ2) is 9.34. The molecule has 7 nitrogen and oxygen atoms in total. The first kappa shape index (κ1) is 21.4. The smallest absolute Gasteiger partial charge is 0.240 e. The predicted octanol–water partition coefficient (Wildman–Crippen LogP) is 2.45. The summed E-state index contributed by atoms with van der Waals surface area (Å²) in [4.78, 5) is 0.234. The van der Waals surface area contributed by atoms with Crippen molar-refractivity contribution in [1.29, 1.82) is 0 Å². The molecule has 1 heterocycles. The molecule has 0 spiro atoms. The molecule has 2 rings (SSSR count). The number of rotatable bonds is 10. The summed E-state index contributed by atoms with van der Waals surface area (Å²) in [7, 11) is -1.97. The van der Waals surface area contributed by atoms with E-state index in [1.165, 1.54) is 0 Å². The highest BCUT2D eigenvalue weighted by molar-refractivity contribution is 7.89. The number of methoxy groups -OCH3 is 1. The van der Waals surface area contributed by atoms with Crippen LogP contribution in [0.5, 0.6) is 5.75 Å². The Labute approximate surface area is 161 Å². The first-order valence-corrected chi connectivity index (χ1v) is 10.4. The second-order valence-electron chi connectivity index (χ2n) is 6.83. The Balaban J connectivity index is 1.97. The molecule has 1 aromatic heterocycles. The van der Waals surface area contributed by atoms with E-state index in [1.54, 1.807) is 25.3 Å². The van der Waals surface area contributed by atoms with Gasteiger partial charge in [0.25, 0.3) is 0 Å². The largest absolute Gasteiger partial charge is 0.491 e. The van der Waals surface area contributed by atoms with E-state index in [2.05, 4.69) is 9.82 Å². The maximum atomic E-state index is 12.6. The van der Waals surface area contributed by atoms with Crippen molar-refractivity contribution in [3.8, 4) is 5.75 Å². The van der Waals surface area contributed by atoms with Gasteiger partial charge in [-0.1, -0.05) is 6.92 Å². The van der Waals surface area contributed by atoms with Crippen LogP contribution < -0.4 is 9.46 Å². The molecule has 0 saturated heterocycles. The number of sulfonamides is 1. The molecule has 0 amide bonds. The monoisotopic (exact) mass is 395 g/mol. The quantitative estimate of drug-likeness (QED) is 0.625. The van der Waals surface area contributed by atoms with Crippen molar-refractivity contribution in [3.05, 3.63) is 41.2 Å². The third-order valence-corrected chi connectivity index (χ3v) is 5.63. The fourth-order valence-electron chi connectivity index (χ4n) is 2.74. The molecule has 0 saturated carbocycles. The standard InChI is InChI=1S/C19H29N3O4S/c1-14(13-22-17(4)11-16(3)21-22)12-20-27(23,24)18-6-7-19(15(2)10-18)26-9-8-25-5/h6-7,10-11,14,20H,8-9,12-13H2,1-5H3. The topological polar surface area (TPSA) is 82.5 Å². The van der Waals surface area contributed by atoms with Crippen molar-refractivity contribution in [2.45, 2.75) is 39.1 Å². The average molecular weight is 396 g/mol. The molecule has 150 valence electrons. The zero-order chi connectivity index (χ0) is 20.0. The zero-order valence-electron chi connectivity index (χ0n) is 16.7. The first-order chi connectivity index (χ1) is 12.7. The number of benzene rings is 1. The molecule has 27 heavy (non-hydrogen) atoms. The van der Waals surface area contributed by atoms with Crippen molar-refractivity contribution in [2.24, 2.45) is 5.92 Å². The lowest BCUT2D eigenvalue weighted by atomic mass is 10.2. The summed E-state index contributed by atoms with van der Waals surface area (Å²) in [5.41, 5.74) is 2.80. The molecule has 1 atom stereocenters. The van der Waals surface area contributed by atoms with Gasteiger partial charge in [-0.2, -0.15) is 5.10 Å². The van der Waals surface area contributed by atoms with E-state index in [0.29, 0.717) is 32.1 Å². The number of hydrogen-bond acceptors (Lipinski definition) is 5. The molecule has 2 aromatic rings. The molecule has 8 heteroatoms. The van der Waals surface area contributed by atoms with E-state index >= 15 is 0 Å². The number of ether oxygens (including phenoxy) is 2. The van der Waals surface area contributed by atoms with Gasteiger partial charge >= 0.3 is 0 Å². The summed E-state index contributed by atoms with van der Waals surface area (Å²) in [6, 6.07) is 6.87. The minimum atomic E-state index is -3.58. The molecule has 0 aliphatic carbocycles. The Morgan fingerprint density at radius 1 is 1.19 bits per heavy atom. The van der Waals surface area contributed by atoms with Gasteiger partial charge in [0, 0.05) is 25.9 Å². The summed E-state index contributed by atoms with van der Waals surface area (Å²) >= 11 is 0. The van der Waals surface area contributed by atoms with Gasteiger partial charge in [0.1, 0.15) is 12.4 Å². The van der Waals surface area contributed by atoms with Gasteiger partial charge in [0.15, 0.2) is 0 Å². The molecule has 0 fully saturated rings. The van der Waals surface area contributed by atoms with Crippen molar-refractivity contribution in [2.75, 3.05) is 26.9 Å². The highest BCUT2D eigenvalue weighted by Gasteiger charge is 2.17. The first-order valence-electron chi connectivity index (χ1n) is 8.96. The fraction of sp³-hybridized carbons (Fsp3) is 0.526. The van der Waals surface area contributed by atoms with E-state index in [4.69, 9.17) is 9.47 Å². The van der Waals surface area contributed by atoms with Gasteiger partial charge < -0.3 is 9.47 Å². The molecule has 1 aromatic carbocycles. The van der Waals surface area contributed by atoms with E-state index in [1.807, 2.05) is 38.4 Å². The van der Waals surface area contributed by atoms with Crippen molar-refractivity contribution in [3.63, 3.8) is 0 Å². The lowest BCUT2D eigenvalue weighted by Crippen LogP contribution is -2.30. The molecule has 1 unspecified atom stereocenters. The van der Waals surface area contributed by atoms with Crippen LogP contribution in [-0.4, -0.2) is 45.1 Å². The van der Waals surface area contributed by atoms with Crippen LogP contribution in [0.1, 0.15) is 23.9 Å². The third kappa shape index (κ3) is 6.05. The van der Waals surface area contributed by atoms with Gasteiger partial charge in [-0.15, -0.1) is 0 Å². The number of aryl methyl sites for hydroxylation is 3. The van der Waals surface area contributed by atoms with Gasteiger partial charge in [-0.3, -0.25) is 4.68 Å². The van der Waals surface area contributed by atoms with Gasteiger partial charge in [-0.05, 0) is 56.5 Å². The van der Waals surface area contributed by atoms with E-state index < -0.39 is 10.0 Å². The molecule has 0 aliphatic rings. The number of nitrogens with one attached hydrogen (secondary N) is 1. The molecular weight excluding hydrogens is 366 g/mol. The zero-order valence-corrected chi connectivity index (χ0v) is 17.5. The normalized spacial score (nSPS) is 12.9. The molecular formula is C19H29N3O4S. The average Bonchev–Trinajstić information content (AvgIpc) is 2.92. The number of hydrogen-bond donors (Lipinski definition) is 1. The van der Waals surface area contributed by atoms with Crippen LogP contribution in [0.4, 0.5) is 0 Å². The Hall–Kier alpha value is -1.90. The lowest BCUT2D eigenvalue weighted by molar-refractivity contribution is 0.146. The Morgan fingerprint density at radius 2 is 1.93 bits per heavy atom. The molecule has 1 N–H and O–H groups in total. The summed E-state index contributed by atoms with van der Waals surface area (Å²) in [5.74, 6) is 0.763. The maximum absolute atomic E-state index is 12.6. The summed E-state index contributed by atoms with van der Waals surface area (Å²) in [6.45, 7) is 9.67. The Morgan fingerprint density at radius 3 is 2.52 bits per heavy atom. The van der Waals surface area contributed by atoms with E-state index in [9.17, 15) is 8.42 Å². The lowest BCUT2D eigenvalue weighted by Gasteiger charge is -2.15. The predicted molar refractivity (Wildman–Crippen MR) is 105 cm³/mol. The number of aromatic nitrogens is 2. The minimum absolute atomic E-state index is 0.107. The highest BCUT2D eigenvalue weighted by atomic mass is 32.2. The van der Waals surface area contributed by atoms with Crippen molar-refractivity contribution >= 4 is 10.0 Å². The van der Waals surface area contributed by atoms with E-state index in [0.717, 1.165) is 17.0 Å². The van der Waals surface area contributed by atoms with E-state index in [-0.39, 0.29) is 10.8 Å². The summed E-state index contributed by atoms with van der Waals surface area (Å²) in [5, 5.41) is 4.42. The fourth-order valence-corrected chi connectivity index (χ4v) is 3.99. The van der Waals surface area contributed by atoms with Crippen LogP contribution in [-0.2, 0) is 21.3 Å². The maximum Gasteiger partial charge on any atom is 0.240 e. The molecule has 0 bridgehead atoms. The Kier molecular flexibility index (Phi) is 7.41. The highest BCUT2D eigenvalue weighted by Crippen LogP contribution is 2.22. The van der Waals surface area contributed by atoms with Crippen molar-refractivity contribution < 1.29 is 17.9 Å². The SMILES string of the molecule is COCCOc1ccc(S(=O)(=O)NCC(C)Cn2nc(C)cc2C)cc1C. The third-order valence-electron chi connectivity index (χ3n) is 4.21. The summed E-state index contributed by atoms with van der Waals surface area (Å²) in [6.07, 6.45) is 0. The molecule has 0 radical (unpaired) electrons.